The van der Waals surface area contributed by atoms with E-state index < -0.39 is 0 Å². The molecule has 0 saturated heterocycles. The molecular weight excluding hydrogens is 619 g/mol. The fourth-order valence-electron chi connectivity index (χ4n) is 8.52. The van der Waals surface area contributed by atoms with Gasteiger partial charge < -0.3 is 9.32 Å². The lowest BCUT2D eigenvalue weighted by Gasteiger charge is -2.35. The number of nitrogens with zero attached hydrogens (tertiary/aromatic N) is 1. The van der Waals surface area contributed by atoms with Crippen LogP contribution < -0.4 is 4.90 Å². The molecule has 0 bridgehead atoms. The second kappa shape index (κ2) is 12.0. The van der Waals surface area contributed by atoms with Gasteiger partial charge in [0, 0.05) is 33.8 Å². The van der Waals surface area contributed by atoms with E-state index in [0.29, 0.717) is 11.8 Å². The molecule has 10 rings (SSSR count). The topological polar surface area (TPSA) is 16.4 Å². The third kappa shape index (κ3) is 5.02. The monoisotopic (exact) mass is 655 g/mol. The van der Waals surface area contributed by atoms with Crippen LogP contribution in [0.4, 0.5) is 11.4 Å². The molecule has 1 heterocycles. The minimum absolute atomic E-state index is 0.333. The van der Waals surface area contributed by atoms with E-state index in [2.05, 4.69) is 170 Å². The molecule has 2 aliphatic rings. The van der Waals surface area contributed by atoms with Gasteiger partial charge in [-0.2, -0.15) is 0 Å². The highest BCUT2D eigenvalue weighted by atomic mass is 16.3. The molecule has 244 valence electrons. The van der Waals surface area contributed by atoms with Crippen molar-refractivity contribution in [2.24, 2.45) is 0 Å². The molecule has 0 N–H and O–H groups in total. The summed E-state index contributed by atoms with van der Waals surface area (Å²) in [6.07, 6.45) is 13.4. The van der Waals surface area contributed by atoms with Crippen LogP contribution in [0.15, 0.2) is 174 Å². The van der Waals surface area contributed by atoms with E-state index in [1.54, 1.807) is 0 Å². The summed E-state index contributed by atoms with van der Waals surface area (Å²) in [4.78, 5) is 2.54. The Bertz CT molecular complexity index is 2720. The van der Waals surface area contributed by atoms with E-state index in [-0.39, 0.29) is 0 Å². The summed E-state index contributed by atoms with van der Waals surface area (Å²) in [7, 11) is 0. The number of rotatable bonds is 5. The minimum Gasteiger partial charge on any atom is -0.456 e. The molecule has 8 aromatic rings. The highest BCUT2D eigenvalue weighted by molar-refractivity contribution is 6.19. The zero-order chi connectivity index (χ0) is 33.9. The molecule has 7 aromatic carbocycles. The van der Waals surface area contributed by atoms with E-state index in [1.165, 1.54) is 71.8 Å². The van der Waals surface area contributed by atoms with Crippen molar-refractivity contribution in [3.8, 4) is 11.1 Å². The third-order valence-corrected chi connectivity index (χ3v) is 11.0. The molecule has 51 heavy (non-hydrogen) atoms. The lowest BCUT2D eigenvalue weighted by Crippen LogP contribution is -2.22. The van der Waals surface area contributed by atoms with Crippen molar-refractivity contribution >= 4 is 60.9 Å². The zero-order valence-electron chi connectivity index (χ0n) is 28.6. The number of furan rings is 1. The number of para-hydroxylation sites is 2. The van der Waals surface area contributed by atoms with Crippen molar-refractivity contribution < 1.29 is 4.42 Å². The Kier molecular flexibility index (Phi) is 7.02. The highest BCUT2D eigenvalue weighted by Gasteiger charge is 2.27. The number of benzene rings is 7. The van der Waals surface area contributed by atoms with Crippen molar-refractivity contribution in [1.82, 2.24) is 0 Å². The van der Waals surface area contributed by atoms with Gasteiger partial charge in [0.05, 0.1) is 0 Å². The summed E-state index contributed by atoms with van der Waals surface area (Å²) in [5, 5.41) is 7.39. The van der Waals surface area contributed by atoms with Gasteiger partial charge in [0.1, 0.15) is 11.2 Å². The summed E-state index contributed by atoms with van der Waals surface area (Å²) in [6.45, 7) is 2.38. The summed E-state index contributed by atoms with van der Waals surface area (Å²) < 4.78 is 6.18. The lowest BCUT2D eigenvalue weighted by atomic mass is 9.83. The number of hydrogen-bond acceptors (Lipinski definition) is 2. The first-order valence-electron chi connectivity index (χ1n) is 18.1. The quantitative estimate of drug-likeness (QED) is 0.183. The molecule has 0 spiro atoms. The summed E-state index contributed by atoms with van der Waals surface area (Å²) in [5.74, 6) is 0.728. The Morgan fingerprint density at radius 1 is 0.608 bits per heavy atom. The van der Waals surface area contributed by atoms with Gasteiger partial charge in [-0.15, -0.1) is 0 Å². The average molecular weight is 656 g/mol. The zero-order valence-corrected chi connectivity index (χ0v) is 28.6. The van der Waals surface area contributed by atoms with Crippen molar-refractivity contribution in [1.29, 1.82) is 0 Å². The van der Waals surface area contributed by atoms with Crippen molar-refractivity contribution in [3.63, 3.8) is 0 Å². The second-order valence-corrected chi connectivity index (χ2v) is 14.1. The largest absolute Gasteiger partial charge is 0.456 e. The van der Waals surface area contributed by atoms with Gasteiger partial charge in [-0.05, 0) is 111 Å². The minimum atomic E-state index is 0.333. The Hall–Kier alpha value is -6.12. The maximum Gasteiger partial charge on any atom is 0.136 e. The molecule has 2 heteroatoms. The van der Waals surface area contributed by atoms with Crippen LogP contribution in [0.2, 0.25) is 0 Å². The van der Waals surface area contributed by atoms with Gasteiger partial charge in [-0.1, -0.05) is 134 Å². The fourth-order valence-corrected chi connectivity index (χ4v) is 8.52. The molecule has 0 radical (unpaired) electrons. The molecule has 0 aliphatic heterocycles. The molecule has 0 fully saturated rings. The van der Waals surface area contributed by atoms with E-state index in [0.717, 1.165) is 29.4 Å². The van der Waals surface area contributed by atoms with Crippen LogP contribution in [0.5, 0.6) is 0 Å². The average Bonchev–Trinajstić information content (AvgIpc) is 3.58. The molecule has 2 unspecified atom stereocenters. The first-order chi connectivity index (χ1) is 25.2. The van der Waals surface area contributed by atoms with Gasteiger partial charge in [-0.3, -0.25) is 0 Å². The Balaban J connectivity index is 1.10. The smallest absolute Gasteiger partial charge is 0.136 e. The van der Waals surface area contributed by atoms with Crippen molar-refractivity contribution in [3.05, 3.63) is 186 Å². The Labute approximate surface area is 298 Å². The number of fused-ring (bicyclic) bond motifs is 8. The van der Waals surface area contributed by atoms with E-state index in [1.807, 2.05) is 12.1 Å². The van der Waals surface area contributed by atoms with Crippen LogP contribution in [0.25, 0.3) is 60.7 Å². The van der Waals surface area contributed by atoms with Crippen molar-refractivity contribution in [2.75, 3.05) is 4.90 Å². The van der Waals surface area contributed by atoms with E-state index in [4.69, 9.17) is 4.42 Å². The second-order valence-electron chi connectivity index (χ2n) is 14.1. The summed E-state index contributed by atoms with van der Waals surface area (Å²) in [6, 6.07) is 51.1. The van der Waals surface area contributed by atoms with E-state index in [9.17, 15) is 0 Å². The Morgan fingerprint density at radius 2 is 1.39 bits per heavy atom. The molecule has 1 aromatic heterocycles. The van der Waals surface area contributed by atoms with Crippen LogP contribution in [-0.4, -0.2) is 0 Å². The van der Waals surface area contributed by atoms with Crippen LogP contribution >= 0.6 is 0 Å². The van der Waals surface area contributed by atoms with E-state index >= 15 is 0 Å². The van der Waals surface area contributed by atoms with Crippen LogP contribution in [-0.2, 0) is 0 Å². The standard InChI is InChI=1S/C49H37NO/c1-32-29-39(31-45-40(32)26-21-35-13-5-6-14-41(35)45)50(46-17-9-7-15-42(46)34-11-3-2-4-12-34)38-24-19-33(20-25-38)36-22-27-43-37(30-36)23-28-48-49(43)44-16-8-10-18-47(44)51-48/h2-11,13-28,30-32,34H,12,29H2,1H3. The number of hydrogen-bond donors (Lipinski definition) is 0. The molecule has 2 atom stereocenters. The highest BCUT2D eigenvalue weighted by Crippen LogP contribution is 2.45. The Morgan fingerprint density at radius 3 is 2.27 bits per heavy atom. The van der Waals surface area contributed by atoms with Crippen LogP contribution in [0.3, 0.4) is 0 Å². The molecule has 0 saturated carbocycles. The van der Waals surface area contributed by atoms with Gasteiger partial charge in [-0.25, -0.2) is 0 Å². The molecular formula is C49H37NO. The van der Waals surface area contributed by atoms with Gasteiger partial charge in [0.2, 0.25) is 0 Å². The third-order valence-electron chi connectivity index (χ3n) is 11.0. The first kappa shape index (κ1) is 29.8. The predicted octanol–water partition coefficient (Wildman–Crippen LogP) is 13.8. The molecule has 0 amide bonds. The van der Waals surface area contributed by atoms with Crippen molar-refractivity contribution in [2.45, 2.75) is 31.6 Å². The normalized spacial score (nSPS) is 16.9. The number of anilines is 2. The molecule has 2 nitrogen and oxygen atoms in total. The molecule has 2 aliphatic carbocycles. The summed E-state index contributed by atoms with van der Waals surface area (Å²) in [5.41, 5.74) is 12.2. The summed E-state index contributed by atoms with van der Waals surface area (Å²) >= 11 is 0. The van der Waals surface area contributed by atoms with Gasteiger partial charge >= 0.3 is 0 Å². The fraction of sp³-hybridized carbons (Fsp3) is 0.102. The van der Waals surface area contributed by atoms with Crippen LogP contribution in [0.1, 0.15) is 48.3 Å². The first-order valence-corrected chi connectivity index (χ1v) is 18.1. The maximum absolute atomic E-state index is 6.18. The SMILES string of the molecule is CC1CC(N(c2ccc(-c3ccc4c(ccc5oc6ccccc6c54)c3)cc2)c2ccccc2C2C=CC=CC2)=Cc2c1ccc1ccccc21. The predicted molar refractivity (Wildman–Crippen MR) is 216 cm³/mol. The van der Waals surface area contributed by atoms with Gasteiger partial charge in [0.25, 0.3) is 0 Å². The lowest BCUT2D eigenvalue weighted by molar-refractivity contribution is 0.669. The van der Waals surface area contributed by atoms with Gasteiger partial charge in [0.15, 0.2) is 0 Å². The number of allylic oxidation sites excluding steroid dienone is 5. The van der Waals surface area contributed by atoms with Crippen LogP contribution in [0, 0.1) is 0 Å². The maximum atomic E-state index is 6.18.